The van der Waals surface area contributed by atoms with Gasteiger partial charge in [-0.2, -0.15) is 0 Å². The minimum atomic E-state index is 0.0725. The second-order valence-electron chi connectivity index (χ2n) is 5.29. The summed E-state index contributed by atoms with van der Waals surface area (Å²) < 4.78 is 3.09. The van der Waals surface area contributed by atoms with Crippen molar-refractivity contribution >= 4 is 33.8 Å². The Bertz CT molecular complexity index is 682. The Labute approximate surface area is 114 Å². The zero-order valence-corrected chi connectivity index (χ0v) is 11.9. The molecule has 0 amide bonds. The first-order valence-corrected chi connectivity index (χ1v) is 7.64. The molecule has 18 heavy (non-hydrogen) atoms. The molecule has 96 valence electrons. The summed E-state index contributed by atoms with van der Waals surface area (Å²) in [4.78, 5) is 15.5. The topological polar surface area (TPSA) is 37.8 Å². The fourth-order valence-corrected chi connectivity index (χ4v) is 3.95. The van der Waals surface area contributed by atoms with Gasteiger partial charge in [0.1, 0.15) is 4.70 Å². The number of aromatic amines is 1. The van der Waals surface area contributed by atoms with E-state index in [1.807, 2.05) is 11.4 Å². The van der Waals surface area contributed by atoms with Crippen LogP contribution in [0.2, 0.25) is 0 Å². The fourth-order valence-electron chi connectivity index (χ4n) is 2.89. The molecule has 2 unspecified atom stereocenters. The van der Waals surface area contributed by atoms with Crippen LogP contribution in [0.3, 0.4) is 0 Å². The first kappa shape index (κ1) is 12.1. The van der Waals surface area contributed by atoms with Gasteiger partial charge in [0.05, 0.1) is 5.52 Å². The third-order valence-corrected chi connectivity index (χ3v) is 5.06. The van der Waals surface area contributed by atoms with Crippen LogP contribution < -0.4 is 5.56 Å². The minimum Gasteiger partial charge on any atom is -0.331 e. The number of hydrogen-bond acceptors (Lipinski definition) is 3. The molecule has 0 saturated heterocycles. The lowest BCUT2D eigenvalue weighted by Crippen LogP contribution is -2.24. The molecule has 3 rings (SSSR count). The second-order valence-corrected chi connectivity index (χ2v) is 6.60. The van der Waals surface area contributed by atoms with Crippen molar-refractivity contribution in [1.82, 2.24) is 9.55 Å². The Kier molecular flexibility index (Phi) is 3.11. The smallest absolute Gasteiger partial charge is 0.272 e. The standard InChI is InChI=1S/C13H16N2OS2/c1-8-2-3-9(6-8)7-15-12(16)11-10(4-5-18-11)14-13(15)17/h4-5,8-9H,2-3,6-7H2,1H3,(H,14,17). The summed E-state index contributed by atoms with van der Waals surface area (Å²) in [6, 6.07) is 1.92. The highest BCUT2D eigenvalue weighted by Crippen LogP contribution is 2.31. The van der Waals surface area contributed by atoms with E-state index in [0.717, 1.165) is 22.7 Å². The van der Waals surface area contributed by atoms with E-state index >= 15 is 0 Å². The molecule has 2 aromatic heterocycles. The van der Waals surface area contributed by atoms with Gasteiger partial charge in [0.15, 0.2) is 4.77 Å². The van der Waals surface area contributed by atoms with E-state index in [1.165, 1.54) is 30.6 Å². The van der Waals surface area contributed by atoms with Gasteiger partial charge in [0.2, 0.25) is 0 Å². The Morgan fingerprint density at radius 3 is 3.11 bits per heavy atom. The van der Waals surface area contributed by atoms with Crippen LogP contribution in [-0.2, 0) is 6.54 Å². The molecule has 1 fully saturated rings. The second kappa shape index (κ2) is 4.63. The molecule has 2 atom stereocenters. The number of H-pyrrole nitrogens is 1. The number of nitrogens with zero attached hydrogens (tertiary/aromatic N) is 1. The zero-order valence-electron chi connectivity index (χ0n) is 10.3. The van der Waals surface area contributed by atoms with Crippen LogP contribution in [0.1, 0.15) is 26.2 Å². The number of nitrogens with one attached hydrogen (secondary N) is 1. The summed E-state index contributed by atoms with van der Waals surface area (Å²) in [7, 11) is 0. The van der Waals surface area contributed by atoms with Gasteiger partial charge >= 0.3 is 0 Å². The molecule has 1 aliphatic rings. The molecule has 0 aliphatic heterocycles. The fraction of sp³-hybridized carbons (Fsp3) is 0.538. The van der Waals surface area contributed by atoms with E-state index in [4.69, 9.17) is 12.2 Å². The summed E-state index contributed by atoms with van der Waals surface area (Å²) in [6.07, 6.45) is 3.70. The molecular formula is C13H16N2OS2. The zero-order chi connectivity index (χ0) is 12.7. The van der Waals surface area contributed by atoms with Gasteiger partial charge in [-0.1, -0.05) is 13.3 Å². The summed E-state index contributed by atoms with van der Waals surface area (Å²) in [5.74, 6) is 1.39. The highest BCUT2D eigenvalue weighted by Gasteiger charge is 2.22. The van der Waals surface area contributed by atoms with E-state index in [0.29, 0.717) is 10.7 Å². The lowest BCUT2D eigenvalue weighted by molar-refractivity contribution is 0.429. The van der Waals surface area contributed by atoms with E-state index in [9.17, 15) is 4.79 Å². The average molecular weight is 280 g/mol. The van der Waals surface area contributed by atoms with Crippen LogP contribution in [0, 0.1) is 16.6 Å². The summed E-state index contributed by atoms with van der Waals surface area (Å²) in [5, 5.41) is 1.93. The van der Waals surface area contributed by atoms with E-state index in [-0.39, 0.29) is 5.56 Å². The van der Waals surface area contributed by atoms with Gasteiger partial charge in [0, 0.05) is 6.54 Å². The molecule has 1 N–H and O–H groups in total. The van der Waals surface area contributed by atoms with Gasteiger partial charge in [-0.05, 0) is 48.3 Å². The molecule has 2 heterocycles. The number of thiophene rings is 1. The summed E-state index contributed by atoms with van der Waals surface area (Å²) in [6.45, 7) is 3.05. The molecule has 3 nitrogen and oxygen atoms in total. The first-order chi connectivity index (χ1) is 8.65. The van der Waals surface area contributed by atoms with Crippen molar-refractivity contribution in [2.75, 3.05) is 0 Å². The molecule has 0 bridgehead atoms. The lowest BCUT2D eigenvalue weighted by Gasteiger charge is -2.12. The van der Waals surface area contributed by atoms with Crippen LogP contribution in [0.15, 0.2) is 16.2 Å². The number of aromatic nitrogens is 2. The number of rotatable bonds is 2. The Morgan fingerprint density at radius 1 is 1.56 bits per heavy atom. The molecule has 0 radical (unpaired) electrons. The van der Waals surface area contributed by atoms with Crippen LogP contribution in [0.25, 0.3) is 10.2 Å². The average Bonchev–Trinajstić information content (AvgIpc) is 2.93. The highest BCUT2D eigenvalue weighted by molar-refractivity contribution is 7.71. The maximum atomic E-state index is 12.4. The third-order valence-electron chi connectivity index (χ3n) is 3.84. The van der Waals surface area contributed by atoms with Crippen molar-refractivity contribution in [2.24, 2.45) is 11.8 Å². The van der Waals surface area contributed by atoms with Crippen LogP contribution in [-0.4, -0.2) is 9.55 Å². The van der Waals surface area contributed by atoms with Gasteiger partial charge in [-0.25, -0.2) is 0 Å². The predicted molar refractivity (Wildman–Crippen MR) is 77.8 cm³/mol. The van der Waals surface area contributed by atoms with Crippen molar-refractivity contribution in [3.8, 4) is 0 Å². The normalized spacial score (nSPS) is 23.8. The number of fused-ring (bicyclic) bond motifs is 1. The lowest BCUT2D eigenvalue weighted by atomic mass is 10.1. The Morgan fingerprint density at radius 2 is 2.39 bits per heavy atom. The van der Waals surface area contributed by atoms with E-state index < -0.39 is 0 Å². The van der Waals surface area contributed by atoms with Crippen molar-refractivity contribution in [3.05, 3.63) is 26.6 Å². The van der Waals surface area contributed by atoms with Crippen LogP contribution in [0.5, 0.6) is 0 Å². The summed E-state index contributed by atoms with van der Waals surface area (Å²) >= 11 is 6.79. The predicted octanol–water partition coefficient (Wildman–Crippen LogP) is 3.56. The van der Waals surface area contributed by atoms with Crippen molar-refractivity contribution in [2.45, 2.75) is 32.7 Å². The molecule has 1 saturated carbocycles. The maximum Gasteiger partial charge on any atom is 0.272 e. The largest absolute Gasteiger partial charge is 0.331 e. The van der Waals surface area contributed by atoms with Crippen molar-refractivity contribution in [3.63, 3.8) is 0 Å². The van der Waals surface area contributed by atoms with Gasteiger partial charge in [-0.3, -0.25) is 9.36 Å². The molecule has 2 aromatic rings. The van der Waals surface area contributed by atoms with E-state index in [1.54, 1.807) is 4.57 Å². The van der Waals surface area contributed by atoms with Crippen molar-refractivity contribution in [1.29, 1.82) is 0 Å². The Hall–Kier alpha value is -0.940. The van der Waals surface area contributed by atoms with Gasteiger partial charge in [-0.15, -0.1) is 11.3 Å². The monoisotopic (exact) mass is 280 g/mol. The minimum absolute atomic E-state index is 0.0725. The highest BCUT2D eigenvalue weighted by atomic mass is 32.1. The maximum absolute atomic E-state index is 12.4. The van der Waals surface area contributed by atoms with Gasteiger partial charge < -0.3 is 4.98 Å². The third kappa shape index (κ3) is 2.06. The molecule has 0 aromatic carbocycles. The molecule has 1 aliphatic carbocycles. The molecular weight excluding hydrogens is 264 g/mol. The number of hydrogen-bond donors (Lipinski definition) is 1. The van der Waals surface area contributed by atoms with Crippen LogP contribution >= 0.6 is 23.6 Å². The van der Waals surface area contributed by atoms with Crippen molar-refractivity contribution < 1.29 is 0 Å². The van der Waals surface area contributed by atoms with Gasteiger partial charge in [0.25, 0.3) is 5.56 Å². The first-order valence-electron chi connectivity index (χ1n) is 6.35. The SMILES string of the molecule is CC1CCC(Cn2c(=S)[nH]c3ccsc3c2=O)C1. The quantitative estimate of drug-likeness (QED) is 0.854. The summed E-state index contributed by atoms with van der Waals surface area (Å²) in [5.41, 5.74) is 0.939. The van der Waals surface area contributed by atoms with E-state index in [2.05, 4.69) is 11.9 Å². The Balaban J connectivity index is 2.01. The van der Waals surface area contributed by atoms with Crippen LogP contribution in [0.4, 0.5) is 0 Å². The molecule has 5 heteroatoms. The molecule has 0 spiro atoms.